The molecule has 1 aliphatic heterocycles. The van der Waals surface area contributed by atoms with Crippen LogP contribution < -0.4 is 0 Å². The van der Waals surface area contributed by atoms with Crippen molar-refractivity contribution in [3.05, 3.63) is 42.1 Å². The summed E-state index contributed by atoms with van der Waals surface area (Å²) in [7, 11) is 0. The zero-order chi connectivity index (χ0) is 13.2. The van der Waals surface area contributed by atoms with E-state index in [9.17, 15) is 4.79 Å². The summed E-state index contributed by atoms with van der Waals surface area (Å²) in [5, 5.41) is 1.11. The van der Waals surface area contributed by atoms with Crippen LogP contribution in [0.15, 0.2) is 36.4 Å². The minimum absolute atomic E-state index is 0.0447. The minimum Gasteiger partial charge on any atom is -0.378 e. The lowest BCUT2D eigenvalue weighted by atomic mass is 9.97. The molecular weight excluding hydrogens is 238 g/mol. The summed E-state index contributed by atoms with van der Waals surface area (Å²) in [5.74, 6) is 0.287. The van der Waals surface area contributed by atoms with Gasteiger partial charge in [0.25, 0.3) is 0 Å². The molecule has 1 saturated heterocycles. The number of pyridine rings is 1. The first-order valence-corrected chi connectivity index (χ1v) is 6.71. The van der Waals surface area contributed by atoms with E-state index in [1.54, 1.807) is 0 Å². The van der Waals surface area contributed by atoms with Crippen molar-refractivity contribution < 1.29 is 9.53 Å². The topological polar surface area (TPSA) is 39.2 Å². The zero-order valence-corrected chi connectivity index (χ0v) is 11.0. The molecule has 0 bridgehead atoms. The second-order valence-corrected chi connectivity index (χ2v) is 5.21. The van der Waals surface area contributed by atoms with Gasteiger partial charge in [-0.2, -0.15) is 0 Å². The molecule has 0 radical (unpaired) electrons. The molecule has 2 aromatic rings. The Morgan fingerprint density at radius 2 is 2.16 bits per heavy atom. The Balaban J connectivity index is 1.76. The lowest BCUT2D eigenvalue weighted by Gasteiger charge is -2.07. The lowest BCUT2D eigenvalue weighted by molar-refractivity contribution is -0.122. The molecule has 3 heteroatoms. The monoisotopic (exact) mass is 255 g/mol. The van der Waals surface area contributed by atoms with Gasteiger partial charge in [-0.1, -0.05) is 24.3 Å². The van der Waals surface area contributed by atoms with E-state index in [0.717, 1.165) is 23.0 Å². The van der Waals surface area contributed by atoms with E-state index in [4.69, 9.17) is 4.74 Å². The van der Waals surface area contributed by atoms with Crippen LogP contribution in [0.5, 0.6) is 0 Å². The first kappa shape index (κ1) is 12.3. The number of rotatable bonds is 3. The van der Waals surface area contributed by atoms with Crippen molar-refractivity contribution in [1.82, 2.24) is 4.98 Å². The third kappa shape index (κ3) is 2.66. The number of para-hydroxylation sites is 1. The molecule has 2 unspecified atom stereocenters. The molecule has 1 aromatic carbocycles. The van der Waals surface area contributed by atoms with Crippen molar-refractivity contribution in [3.8, 4) is 0 Å². The number of carbonyl (C=O) groups is 1. The third-order valence-electron chi connectivity index (χ3n) is 3.67. The first-order valence-electron chi connectivity index (χ1n) is 6.71. The Morgan fingerprint density at radius 1 is 1.32 bits per heavy atom. The highest BCUT2D eigenvalue weighted by Crippen LogP contribution is 2.21. The van der Waals surface area contributed by atoms with Gasteiger partial charge in [0.15, 0.2) is 0 Å². The molecule has 2 heterocycles. The molecule has 19 heavy (non-hydrogen) atoms. The van der Waals surface area contributed by atoms with Crippen molar-refractivity contribution in [2.75, 3.05) is 6.61 Å². The van der Waals surface area contributed by atoms with Gasteiger partial charge in [-0.25, -0.2) is 0 Å². The molecule has 2 atom stereocenters. The number of ether oxygens (including phenoxy) is 1. The molecule has 1 fully saturated rings. The van der Waals surface area contributed by atoms with Gasteiger partial charge in [-0.3, -0.25) is 9.78 Å². The van der Waals surface area contributed by atoms with E-state index in [-0.39, 0.29) is 17.8 Å². The molecule has 3 rings (SSSR count). The number of benzene rings is 1. The van der Waals surface area contributed by atoms with Gasteiger partial charge < -0.3 is 4.74 Å². The number of hydrogen-bond donors (Lipinski definition) is 0. The third-order valence-corrected chi connectivity index (χ3v) is 3.67. The van der Waals surface area contributed by atoms with Crippen LogP contribution in [0.3, 0.4) is 0 Å². The molecular formula is C16H17NO2. The van der Waals surface area contributed by atoms with Gasteiger partial charge in [0, 0.05) is 23.4 Å². The van der Waals surface area contributed by atoms with Gasteiger partial charge in [0.05, 0.1) is 18.2 Å². The SMILES string of the molecule is CC1CC(C(=O)Cc2ccc3ccccc3n2)CO1. The highest BCUT2D eigenvalue weighted by molar-refractivity contribution is 5.84. The Hall–Kier alpha value is -1.74. The maximum absolute atomic E-state index is 12.2. The van der Waals surface area contributed by atoms with E-state index in [0.29, 0.717) is 13.0 Å². The van der Waals surface area contributed by atoms with Crippen molar-refractivity contribution in [2.45, 2.75) is 25.9 Å². The van der Waals surface area contributed by atoms with Crippen LogP contribution in [0.4, 0.5) is 0 Å². The van der Waals surface area contributed by atoms with Crippen LogP contribution in [0, 0.1) is 5.92 Å². The Kier molecular flexibility index (Phi) is 3.30. The molecule has 0 saturated carbocycles. The van der Waals surface area contributed by atoms with Crippen LogP contribution in [0.2, 0.25) is 0 Å². The largest absolute Gasteiger partial charge is 0.378 e. The molecule has 0 N–H and O–H groups in total. The van der Waals surface area contributed by atoms with E-state index in [1.165, 1.54) is 0 Å². The summed E-state index contributed by atoms with van der Waals surface area (Å²) in [6.45, 7) is 2.58. The van der Waals surface area contributed by atoms with E-state index < -0.39 is 0 Å². The summed E-state index contributed by atoms with van der Waals surface area (Å²) >= 11 is 0. The Morgan fingerprint density at radius 3 is 2.95 bits per heavy atom. The fourth-order valence-electron chi connectivity index (χ4n) is 2.57. The second kappa shape index (κ2) is 5.10. The second-order valence-electron chi connectivity index (χ2n) is 5.21. The number of aromatic nitrogens is 1. The lowest BCUT2D eigenvalue weighted by Crippen LogP contribution is -2.17. The van der Waals surface area contributed by atoms with E-state index >= 15 is 0 Å². The van der Waals surface area contributed by atoms with Crippen LogP contribution in [0.1, 0.15) is 19.0 Å². The van der Waals surface area contributed by atoms with Gasteiger partial charge in [-0.15, -0.1) is 0 Å². The summed E-state index contributed by atoms with van der Waals surface area (Å²) in [6, 6.07) is 11.9. The smallest absolute Gasteiger partial charge is 0.144 e. The minimum atomic E-state index is 0.0447. The molecule has 0 amide bonds. The normalized spacial score (nSPS) is 22.8. The number of Topliss-reactive ketones (excluding diaryl/α,β-unsaturated/α-hetero) is 1. The maximum atomic E-state index is 12.2. The molecule has 98 valence electrons. The quantitative estimate of drug-likeness (QED) is 0.846. The number of ketones is 1. The first-order chi connectivity index (χ1) is 9.22. The molecule has 0 aliphatic carbocycles. The van der Waals surface area contributed by atoms with E-state index in [2.05, 4.69) is 4.98 Å². The molecule has 0 spiro atoms. The highest BCUT2D eigenvalue weighted by atomic mass is 16.5. The van der Waals surface area contributed by atoms with Gasteiger partial charge >= 0.3 is 0 Å². The zero-order valence-electron chi connectivity index (χ0n) is 11.0. The Labute approximate surface area is 112 Å². The fourth-order valence-corrected chi connectivity index (χ4v) is 2.57. The summed E-state index contributed by atoms with van der Waals surface area (Å²) < 4.78 is 5.45. The van der Waals surface area contributed by atoms with Crippen LogP contribution >= 0.6 is 0 Å². The van der Waals surface area contributed by atoms with Crippen LogP contribution in [-0.4, -0.2) is 23.5 Å². The summed E-state index contributed by atoms with van der Waals surface area (Å²) in [4.78, 5) is 16.7. The van der Waals surface area contributed by atoms with Gasteiger partial charge in [0.1, 0.15) is 5.78 Å². The van der Waals surface area contributed by atoms with Crippen molar-refractivity contribution in [3.63, 3.8) is 0 Å². The Bertz CT molecular complexity index is 608. The highest BCUT2D eigenvalue weighted by Gasteiger charge is 2.28. The van der Waals surface area contributed by atoms with Crippen LogP contribution in [0.25, 0.3) is 10.9 Å². The average Bonchev–Trinajstić information content (AvgIpc) is 2.85. The van der Waals surface area contributed by atoms with Crippen molar-refractivity contribution in [2.24, 2.45) is 5.92 Å². The standard InChI is InChI=1S/C16H17NO2/c1-11-8-13(10-19-11)16(18)9-14-7-6-12-4-2-3-5-15(12)17-14/h2-7,11,13H,8-10H2,1H3. The predicted molar refractivity (Wildman–Crippen MR) is 74.0 cm³/mol. The van der Waals surface area contributed by atoms with Crippen LogP contribution in [-0.2, 0) is 16.0 Å². The molecule has 1 aliphatic rings. The molecule has 1 aromatic heterocycles. The van der Waals surface area contributed by atoms with Gasteiger partial charge in [-0.05, 0) is 25.5 Å². The van der Waals surface area contributed by atoms with Gasteiger partial charge in [0.2, 0.25) is 0 Å². The van der Waals surface area contributed by atoms with E-state index in [1.807, 2.05) is 43.3 Å². The average molecular weight is 255 g/mol. The van der Waals surface area contributed by atoms with Crippen molar-refractivity contribution in [1.29, 1.82) is 0 Å². The number of nitrogens with zero attached hydrogens (tertiary/aromatic N) is 1. The predicted octanol–water partition coefficient (Wildman–Crippen LogP) is 2.77. The summed E-state index contributed by atoms with van der Waals surface area (Å²) in [6.07, 6.45) is 1.45. The number of hydrogen-bond acceptors (Lipinski definition) is 3. The summed E-state index contributed by atoms with van der Waals surface area (Å²) in [5.41, 5.74) is 1.80. The fraction of sp³-hybridized carbons (Fsp3) is 0.375. The molecule has 3 nitrogen and oxygen atoms in total. The maximum Gasteiger partial charge on any atom is 0.144 e. The number of fused-ring (bicyclic) bond motifs is 1. The van der Waals surface area contributed by atoms with Crippen molar-refractivity contribution >= 4 is 16.7 Å². The number of carbonyl (C=O) groups excluding carboxylic acids is 1.